The van der Waals surface area contributed by atoms with Crippen molar-refractivity contribution in [1.29, 1.82) is 10.5 Å². The average Bonchev–Trinajstić information content (AvgIpc) is 2.74. The monoisotopic (exact) mass is 174 g/mol. The summed E-state index contributed by atoms with van der Waals surface area (Å²) in [5, 5.41) is 17.8. The Morgan fingerprint density at radius 1 is 0.923 bits per heavy atom. The molecule has 2 heteroatoms. The van der Waals surface area contributed by atoms with Crippen LogP contribution in [0.1, 0.15) is 38.5 Å². The third-order valence-electron chi connectivity index (χ3n) is 3.79. The number of nitriles is 2. The Morgan fingerprint density at radius 2 is 1.38 bits per heavy atom. The van der Waals surface area contributed by atoms with Crippen molar-refractivity contribution in [2.24, 2.45) is 17.3 Å². The van der Waals surface area contributed by atoms with E-state index in [0.29, 0.717) is 5.41 Å². The largest absolute Gasteiger partial charge is 0.198 e. The highest BCUT2D eigenvalue weighted by Gasteiger charge is 2.46. The van der Waals surface area contributed by atoms with Gasteiger partial charge >= 0.3 is 0 Å². The quantitative estimate of drug-likeness (QED) is 0.566. The van der Waals surface area contributed by atoms with Crippen molar-refractivity contribution in [2.45, 2.75) is 38.5 Å². The minimum absolute atomic E-state index is 0.0168. The van der Waals surface area contributed by atoms with E-state index in [-0.39, 0.29) is 11.8 Å². The molecule has 0 heterocycles. The molecule has 0 N–H and O–H groups in total. The summed E-state index contributed by atoms with van der Waals surface area (Å²) in [6.45, 7) is 0. The molecule has 0 amide bonds. The Labute approximate surface area is 79.2 Å². The Bertz CT molecular complexity index is 251. The predicted octanol–water partition coefficient (Wildman–Crippen LogP) is 2.62. The van der Waals surface area contributed by atoms with Crippen molar-refractivity contribution in [1.82, 2.24) is 0 Å². The lowest BCUT2D eigenvalue weighted by molar-refractivity contribution is 0.299. The molecule has 2 saturated carbocycles. The molecule has 2 aliphatic carbocycles. The van der Waals surface area contributed by atoms with Crippen molar-refractivity contribution in [3.05, 3.63) is 0 Å². The second-order valence-electron chi connectivity index (χ2n) is 4.59. The van der Waals surface area contributed by atoms with E-state index in [1.54, 1.807) is 0 Å². The molecule has 2 aliphatic rings. The van der Waals surface area contributed by atoms with Gasteiger partial charge in [-0.1, -0.05) is 12.8 Å². The number of rotatable bonds is 0. The van der Waals surface area contributed by atoms with E-state index in [1.165, 1.54) is 25.7 Å². The summed E-state index contributed by atoms with van der Waals surface area (Å²) in [6.07, 6.45) is 7.09. The van der Waals surface area contributed by atoms with Crippen LogP contribution in [0.25, 0.3) is 0 Å². The lowest BCUT2D eigenvalue weighted by atomic mass is 9.83. The van der Waals surface area contributed by atoms with Crippen LogP contribution in [-0.4, -0.2) is 0 Å². The molecule has 0 aromatic carbocycles. The summed E-state index contributed by atoms with van der Waals surface area (Å²) < 4.78 is 0. The molecule has 0 radical (unpaired) electrons. The van der Waals surface area contributed by atoms with E-state index in [0.717, 1.165) is 12.8 Å². The van der Waals surface area contributed by atoms with Crippen LogP contribution in [0.5, 0.6) is 0 Å². The van der Waals surface area contributed by atoms with Crippen molar-refractivity contribution < 1.29 is 0 Å². The zero-order valence-electron chi connectivity index (χ0n) is 7.79. The first-order chi connectivity index (χ1) is 6.29. The highest BCUT2D eigenvalue weighted by Crippen LogP contribution is 2.54. The standard InChI is InChI=1S/C11H14N2/c12-7-9-5-11(3-1-2-4-11)6-10(9)8-13/h9-10H,1-6H2. The predicted molar refractivity (Wildman–Crippen MR) is 48.3 cm³/mol. The lowest BCUT2D eigenvalue weighted by Crippen LogP contribution is -2.10. The van der Waals surface area contributed by atoms with E-state index in [1.807, 2.05) is 0 Å². The number of nitrogens with zero attached hydrogens (tertiary/aromatic N) is 2. The van der Waals surface area contributed by atoms with Gasteiger partial charge < -0.3 is 0 Å². The maximum absolute atomic E-state index is 8.91. The average molecular weight is 174 g/mol. The van der Waals surface area contributed by atoms with Crippen LogP contribution in [0, 0.1) is 39.9 Å². The van der Waals surface area contributed by atoms with Crippen LogP contribution in [-0.2, 0) is 0 Å². The first kappa shape index (κ1) is 8.57. The Morgan fingerprint density at radius 3 is 1.77 bits per heavy atom. The first-order valence-corrected chi connectivity index (χ1v) is 5.09. The molecule has 2 nitrogen and oxygen atoms in total. The highest BCUT2D eigenvalue weighted by atomic mass is 14.5. The molecule has 0 bridgehead atoms. The van der Waals surface area contributed by atoms with E-state index < -0.39 is 0 Å². The minimum atomic E-state index is 0.0168. The van der Waals surface area contributed by atoms with E-state index in [9.17, 15) is 0 Å². The van der Waals surface area contributed by atoms with Gasteiger partial charge in [0.2, 0.25) is 0 Å². The highest BCUT2D eigenvalue weighted by molar-refractivity contribution is 5.09. The Kier molecular flexibility index (Phi) is 2.00. The summed E-state index contributed by atoms with van der Waals surface area (Å²) in [5.74, 6) is 0.0335. The molecule has 2 atom stereocenters. The molecule has 2 fully saturated rings. The van der Waals surface area contributed by atoms with Crippen LogP contribution in [0.2, 0.25) is 0 Å². The molecule has 68 valence electrons. The second kappa shape index (κ2) is 3.04. The van der Waals surface area contributed by atoms with Crippen LogP contribution >= 0.6 is 0 Å². The molecule has 0 aromatic rings. The summed E-state index contributed by atoms with van der Waals surface area (Å²) in [7, 11) is 0. The summed E-state index contributed by atoms with van der Waals surface area (Å²) in [6, 6.07) is 4.59. The third kappa shape index (κ3) is 1.31. The Hall–Kier alpha value is -1.02. The molecule has 1 spiro atoms. The minimum Gasteiger partial charge on any atom is -0.198 e. The zero-order chi connectivity index (χ0) is 9.31. The number of hydrogen-bond acceptors (Lipinski definition) is 2. The summed E-state index contributed by atoms with van der Waals surface area (Å²) in [4.78, 5) is 0. The molecular weight excluding hydrogens is 160 g/mol. The molecule has 2 rings (SSSR count). The molecule has 2 unspecified atom stereocenters. The Balaban J connectivity index is 2.14. The van der Waals surface area contributed by atoms with Gasteiger partial charge in [-0.05, 0) is 31.1 Å². The van der Waals surface area contributed by atoms with Gasteiger partial charge in [-0.2, -0.15) is 10.5 Å². The fourth-order valence-corrected chi connectivity index (χ4v) is 3.11. The van der Waals surface area contributed by atoms with Gasteiger partial charge in [0.15, 0.2) is 0 Å². The van der Waals surface area contributed by atoms with E-state index in [2.05, 4.69) is 12.1 Å². The maximum atomic E-state index is 8.91. The molecule has 0 aromatic heterocycles. The zero-order valence-corrected chi connectivity index (χ0v) is 7.79. The van der Waals surface area contributed by atoms with Gasteiger partial charge in [0.25, 0.3) is 0 Å². The van der Waals surface area contributed by atoms with Gasteiger partial charge in [-0.25, -0.2) is 0 Å². The van der Waals surface area contributed by atoms with Crippen LogP contribution in [0.15, 0.2) is 0 Å². The maximum Gasteiger partial charge on any atom is 0.0669 e. The van der Waals surface area contributed by atoms with Gasteiger partial charge in [-0.3, -0.25) is 0 Å². The summed E-state index contributed by atoms with van der Waals surface area (Å²) >= 11 is 0. The van der Waals surface area contributed by atoms with E-state index in [4.69, 9.17) is 10.5 Å². The fraction of sp³-hybridized carbons (Fsp3) is 0.818. The molecule has 0 aliphatic heterocycles. The van der Waals surface area contributed by atoms with Gasteiger partial charge in [0.05, 0.1) is 24.0 Å². The van der Waals surface area contributed by atoms with Crippen molar-refractivity contribution in [3.8, 4) is 12.1 Å². The SMILES string of the molecule is N#CC1CC2(CCCC2)CC1C#N. The molecule has 13 heavy (non-hydrogen) atoms. The molecular formula is C11H14N2. The summed E-state index contributed by atoms with van der Waals surface area (Å²) in [5.41, 5.74) is 0.390. The van der Waals surface area contributed by atoms with Gasteiger partial charge in [0.1, 0.15) is 0 Å². The van der Waals surface area contributed by atoms with Gasteiger partial charge in [0, 0.05) is 0 Å². The van der Waals surface area contributed by atoms with E-state index >= 15 is 0 Å². The van der Waals surface area contributed by atoms with Crippen LogP contribution in [0.3, 0.4) is 0 Å². The third-order valence-corrected chi connectivity index (χ3v) is 3.79. The molecule has 0 saturated heterocycles. The van der Waals surface area contributed by atoms with Crippen LogP contribution in [0.4, 0.5) is 0 Å². The normalized spacial score (nSPS) is 35.8. The van der Waals surface area contributed by atoms with Crippen molar-refractivity contribution in [2.75, 3.05) is 0 Å². The van der Waals surface area contributed by atoms with Crippen molar-refractivity contribution >= 4 is 0 Å². The van der Waals surface area contributed by atoms with Crippen molar-refractivity contribution in [3.63, 3.8) is 0 Å². The smallest absolute Gasteiger partial charge is 0.0669 e. The number of hydrogen-bond donors (Lipinski definition) is 0. The van der Waals surface area contributed by atoms with Crippen LogP contribution < -0.4 is 0 Å². The first-order valence-electron chi connectivity index (χ1n) is 5.09. The second-order valence-corrected chi connectivity index (χ2v) is 4.59. The lowest BCUT2D eigenvalue weighted by Gasteiger charge is -2.21. The van der Waals surface area contributed by atoms with Gasteiger partial charge in [-0.15, -0.1) is 0 Å². The topological polar surface area (TPSA) is 47.6 Å². The fourth-order valence-electron chi connectivity index (χ4n) is 3.11.